The molecule has 0 heterocycles. The number of alkyl halides is 3. The summed E-state index contributed by atoms with van der Waals surface area (Å²) < 4.78 is 38.6. The van der Waals surface area contributed by atoms with Gasteiger partial charge in [-0.25, -0.2) is 0 Å². The molecule has 0 aromatic heterocycles. The van der Waals surface area contributed by atoms with Gasteiger partial charge in [0.15, 0.2) is 5.78 Å². The van der Waals surface area contributed by atoms with Crippen LogP contribution in [0, 0.1) is 0 Å². The number of ketones is 1. The number of carbonyl (C=O) groups is 1. The molecule has 2 rings (SSSR count). The number of nitrogens with zero attached hydrogens (tertiary/aromatic N) is 1. The van der Waals surface area contributed by atoms with Crippen molar-refractivity contribution in [2.75, 3.05) is 5.73 Å². The van der Waals surface area contributed by atoms with Gasteiger partial charge in [-0.3, -0.25) is 9.79 Å². The van der Waals surface area contributed by atoms with Gasteiger partial charge in [0, 0.05) is 28.7 Å². The molecular weight excluding hydrogens is 390 g/mol. The second kappa shape index (κ2) is 7.80. The Labute approximate surface area is 156 Å². The average Bonchev–Trinajstić information content (AvgIpc) is 2.57. The first-order valence-corrected chi connectivity index (χ1v) is 7.81. The number of allylic oxidation sites excluding steroid dienone is 1. The first-order chi connectivity index (χ1) is 12.1. The number of nitrogen functional groups attached to an aromatic ring is 1. The number of Topliss-reactive ketones (excluding diaryl/α,β-unsaturated/α-hetero) is 1. The molecule has 0 aliphatic rings. The largest absolute Gasteiger partial charge is 0.417 e. The van der Waals surface area contributed by atoms with Crippen LogP contribution in [0.1, 0.15) is 15.9 Å². The molecule has 0 saturated carbocycles. The number of carbonyl (C=O) groups excluding carboxylic acids is 1. The predicted molar refractivity (Wildman–Crippen MR) is 97.1 cm³/mol. The summed E-state index contributed by atoms with van der Waals surface area (Å²) in [5, 5.41) is -0.155. The summed E-state index contributed by atoms with van der Waals surface area (Å²) in [6.45, 7) is 0. The van der Waals surface area contributed by atoms with Gasteiger partial charge in [0.2, 0.25) is 0 Å². The van der Waals surface area contributed by atoms with Crippen LogP contribution in [-0.2, 0) is 6.18 Å². The predicted octanol–water partition coefficient (Wildman–Crippen LogP) is 5.02. The van der Waals surface area contributed by atoms with Crippen molar-refractivity contribution in [2.45, 2.75) is 6.18 Å². The number of benzene rings is 2. The van der Waals surface area contributed by atoms with Crippen LogP contribution in [0.25, 0.3) is 0 Å². The molecule has 0 aliphatic carbocycles. The molecule has 0 amide bonds. The lowest BCUT2D eigenvalue weighted by molar-refractivity contribution is -0.137. The van der Waals surface area contributed by atoms with E-state index in [2.05, 4.69) is 4.99 Å². The van der Waals surface area contributed by atoms with Gasteiger partial charge in [0.05, 0.1) is 21.8 Å². The van der Waals surface area contributed by atoms with Gasteiger partial charge >= 0.3 is 6.18 Å². The zero-order chi connectivity index (χ0) is 19.5. The lowest BCUT2D eigenvalue weighted by Crippen LogP contribution is -2.09. The molecule has 0 spiro atoms. The van der Waals surface area contributed by atoms with E-state index in [0.717, 1.165) is 24.5 Å². The van der Waals surface area contributed by atoms with Gasteiger partial charge < -0.3 is 11.5 Å². The molecule has 4 nitrogen and oxygen atoms in total. The summed E-state index contributed by atoms with van der Waals surface area (Å²) in [5.74, 6) is -0.568. The Hall–Kier alpha value is -2.51. The number of halogens is 5. The Morgan fingerprint density at radius 2 is 1.81 bits per heavy atom. The quantitative estimate of drug-likeness (QED) is 0.326. The number of hydrogen-bond acceptors (Lipinski definition) is 4. The second-order valence-electron chi connectivity index (χ2n) is 5.10. The van der Waals surface area contributed by atoms with Crippen molar-refractivity contribution in [1.82, 2.24) is 0 Å². The Bertz CT molecular complexity index is 909. The molecule has 0 atom stereocenters. The number of nitrogens with two attached hydrogens (primary N) is 2. The molecule has 0 saturated heterocycles. The van der Waals surface area contributed by atoms with E-state index in [-0.39, 0.29) is 22.5 Å². The van der Waals surface area contributed by atoms with E-state index >= 15 is 0 Å². The maximum atomic E-state index is 12.9. The fraction of sp³-hybridized carbons (Fsp3) is 0.0588. The third-order valence-electron chi connectivity index (χ3n) is 3.31. The fourth-order valence-electron chi connectivity index (χ4n) is 2.01. The zero-order valence-electron chi connectivity index (χ0n) is 13.0. The Morgan fingerprint density at radius 3 is 2.42 bits per heavy atom. The zero-order valence-corrected chi connectivity index (χ0v) is 14.5. The minimum Gasteiger partial charge on any atom is -0.404 e. The van der Waals surface area contributed by atoms with E-state index in [1.54, 1.807) is 0 Å². The van der Waals surface area contributed by atoms with Gasteiger partial charge in [-0.15, -0.1) is 0 Å². The highest BCUT2D eigenvalue weighted by Gasteiger charge is 2.33. The van der Waals surface area contributed by atoms with Crippen LogP contribution in [0.3, 0.4) is 0 Å². The SMILES string of the molecule is N/C=C(\C=Nc1ccc(Cl)c(C(F)(F)F)c1)C(=O)c1cc(Cl)ccc1N. The molecule has 9 heteroatoms. The molecular formula is C17H12Cl2F3N3O. The minimum absolute atomic E-state index is 0.0482. The van der Waals surface area contributed by atoms with Crippen LogP contribution in [-0.4, -0.2) is 12.0 Å². The summed E-state index contributed by atoms with van der Waals surface area (Å²) in [6, 6.07) is 7.45. The van der Waals surface area contributed by atoms with Crippen molar-refractivity contribution in [3.8, 4) is 0 Å². The molecule has 0 aliphatic heterocycles. The lowest BCUT2D eigenvalue weighted by Gasteiger charge is -2.09. The number of rotatable bonds is 4. The number of aliphatic imine (C=N–C) groups is 1. The van der Waals surface area contributed by atoms with E-state index in [1.807, 2.05) is 0 Å². The third-order valence-corrected chi connectivity index (χ3v) is 3.87. The van der Waals surface area contributed by atoms with Crippen molar-refractivity contribution in [3.05, 3.63) is 69.3 Å². The first-order valence-electron chi connectivity index (χ1n) is 7.06. The van der Waals surface area contributed by atoms with Gasteiger partial charge in [0.25, 0.3) is 0 Å². The van der Waals surface area contributed by atoms with Crippen LogP contribution >= 0.6 is 23.2 Å². The Kier molecular flexibility index (Phi) is 5.94. The molecule has 4 N–H and O–H groups in total. The van der Waals surface area contributed by atoms with E-state index in [9.17, 15) is 18.0 Å². The van der Waals surface area contributed by atoms with Crippen molar-refractivity contribution < 1.29 is 18.0 Å². The number of hydrogen-bond donors (Lipinski definition) is 2. The topological polar surface area (TPSA) is 81.5 Å². The summed E-state index contributed by atoms with van der Waals surface area (Å²) in [4.78, 5) is 16.3. The summed E-state index contributed by atoms with van der Waals surface area (Å²) in [6.07, 6.45) is -2.60. The van der Waals surface area contributed by atoms with Crippen molar-refractivity contribution in [2.24, 2.45) is 10.7 Å². The average molecular weight is 402 g/mol. The van der Waals surface area contributed by atoms with Gasteiger partial charge in [0.1, 0.15) is 0 Å². The van der Waals surface area contributed by atoms with Crippen molar-refractivity contribution >= 4 is 46.6 Å². The molecule has 0 unspecified atom stereocenters. The Morgan fingerprint density at radius 1 is 1.12 bits per heavy atom. The molecule has 26 heavy (non-hydrogen) atoms. The maximum absolute atomic E-state index is 12.9. The molecule has 0 fully saturated rings. The second-order valence-corrected chi connectivity index (χ2v) is 5.95. The smallest absolute Gasteiger partial charge is 0.404 e. The number of anilines is 1. The first kappa shape index (κ1) is 19.8. The maximum Gasteiger partial charge on any atom is 0.417 e. The minimum atomic E-state index is -4.62. The van der Waals surface area contributed by atoms with Crippen molar-refractivity contribution in [3.63, 3.8) is 0 Å². The normalized spacial score (nSPS) is 12.6. The highest BCUT2D eigenvalue weighted by molar-refractivity contribution is 6.32. The van der Waals surface area contributed by atoms with E-state index in [0.29, 0.717) is 5.02 Å². The molecule has 0 radical (unpaired) electrons. The molecule has 0 bridgehead atoms. The van der Waals surface area contributed by atoms with Crippen LogP contribution in [0.2, 0.25) is 10.0 Å². The molecule has 2 aromatic carbocycles. The van der Waals surface area contributed by atoms with Gasteiger partial charge in [-0.2, -0.15) is 13.2 Å². The van der Waals surface area contributed by atoms with Crippen LogP contribution in [0.15, 0.2) is 53.2 Å². The Balaban J connectivity index is 2.34. The van der Waals surface area contributed by atoms with Gasteiger partial charge in [-0.05, 0) is 36.4 Å². The van der Waals surface area contributed by atoms with Gasteiger partial charge in [-0.1, -0.05) is 23.2 Å². The van der Waals surface area contributed by atoms with Crippen molar-refractivity contribution in [1.29, 1.82) is 0 Å². The molecule has 136 valence electrons. The third kappa shape index (κ3) is 4.56. The highest BCUT2D eigenvalue weighted by atomic mass is 35.5. The monoisotopic (exact) mass is 401 g/mol. The van der Waals surface area contributed by atoms with E-state index < -0.39 is 22.5 Å². The van der Waals surface area contributed by atoms with Crippen LogP contribution in [0.5, 0.6) is 0 Å². The molecule has 2 aromatic rings. The lowest BCUT2D eigenvalue weighted by atomic mass is 10.0. The standard InChI is InChI=1S/C17H12Cl2F3N3O/c18-10-1-4-15(24)12(5-10)16(26)9(7-23)8-25-11-2-3-14(19)13(6-11)17(20,21)22/h1-8H,23-24H2/b9-7+,25-8?. The van der Waals surface area contributed by atoms with E-state index in [1.165, 1.54) is 24.3 Å². The van der Waals surface area contributed by atoms with Crippen LogP contribution < -0.4 is 11.5 Å². The highest BCUT2D eigenvalue weighted by Crippen LogP contribution is 2.36. The fourth-order valence-corrected chi connectivity index (χ4v) is 2.41. The summed E-state index contributed by atoms with van der Waals surface area (Å²) in [7, 11) is 0. The summed E-state index contributed by atoms with van der Waals surface area (Å²) in [5.41, 5.74) is 10.3. The van der Waals surface area contributed by atoms with E-state index in [4.69, 9.17) is 34.7 Å². The van der Waals surface area contributed by atoms with Crippen LogP contribution in [0.4, 0.5) is 24.5 Å². The summed E-state index contributed by atoms with van der Waals surface area (Å²) >= 11 is 11.4.